The lowest BCUT2D eigenvalue weighted by Gasteiger charge is -2.04. The fraction of sp³-hybridized carbons (Fsp3) is 0.385. The van der Waals surface area contributed by atoms with Gasteiger partial charge in [0.15, 0.2) is 9.84 Å². The number of nitrogens with zero attached hydrogens (tertiary/aromatic N) is 3. The molecule has 1 aromatic heterocycles. The number of sulfone groups is 1. The third kappa shape index (κ3) is 4.69. The summed E-state index contributed by atoms with van der Waals surface area (Å²) in [6.07, 6.45) is 3.32. The summed E-state index contributed by atoms with van der Waals surface area (Å²) in [5.41, 5.74) is 0.819. The molecule has 0 aliphatic carbocycles. The quantitative estimate of drug-likeness (QED) is 0.722. The van der Waals surface area contributed by atoms with Crippen molar-refractivity contribution in [2.75, 3.05) is 11.6 Å². The van der Waals surface area contributed by atoms with Crippen LogP contribution >= 0.6 is 23.2 Å². The molecule has 0 atom stereocenters. The molecular weight excluding hydrogens is 333 g/mol. The first-order chi connectivity index (χ1) is 10.0. The maximum Gasteiger partial charge on any atom is 0.180 e. The Morgan fingerprint density at radius 3 is 2.57 bits per heavy atom. The zero-order valence-electron chi connectivity index (χ0n) is 11.2. The van der Waals surface area contributed by atoms with E-state index in [1.54, 1.807) is 18.3 Å². The van der Waals surface area contributed by atoms with Crippen molar-refractivity contribution in [2.24, 2.45) is 0 Å². The molecule has 0 aliphatic rings. The molecule has 2 aromatic rings. The van der Waals surface area contributed by atoms with E-state index >= 15 is 0 Å². The van der Waals surface area contributed by atoms with Gasteiger partial charge < -0.3 is 0 Å². The highest BCUT2D eigenvalue weighted by molar-refractivity contribution is 7.91. The van der Waals surface area contributed by atoms with Crippen LogP contribution in [0.5, 0.6) is 0 Å². The molecule has 0 aliphatic heterocycles. The van der Waals surface area contributed by atoms with E-state index < -0.39 is 9.84 Å². The normalized spacial score (nSPS) is 11.7. The summed E-state index contributed by atoms with van der Waals surface area (Å²) in [6.45, 7) is 0.263. The molecule has 8 heteroatoms. The molecule has 0 saturated carbocycles. The predicted molar refractivity (Wildman–Crippen MR) is 82.6 cm³/mol. The molecule has 0 spiro atoms. The molecule has 0 N–H and O–H groups in total. The molecule has 1 heterocycles. The minimum Gasteiger partial charge on any atom is -0.251 e. The number of hydrogen-bond acceptors (Lipinski definition) is 4. The lowest BCUT2D eigenvalue weighted by molar-refractivity contribution is 0.575. The molecule has 1 aromatic carbocycles. The Morgan fingerprint density at radius 2 is 1.90 bits per heavy atom. The number of halogens is 2. The second-order valence-corrected chi connectivity index (χ2v) is 7.46. The SMILES string of the molecule is O=S(=O)(CCn1cc(CCCCl)nn1)c1ccc(Cl)cc1. The number of rotatable bonds is 7. The second kappa shape index (κ2) is 7.24. The van der Waals surface area contributed by atoms with Crippen LogP contribution in [0.2, 0.25) is 5.02 Å². The minimum atomic E-state index is -3.35. The van der Waals surface area contributed by atoms with E-state index in [1.165, 1.54) is 16.8 Å². The number of hydrogen-bond donors (Lipinski definition) is 0. The van der Waals surface area contributed by atoms with Crippen molar-refractivity contribution in [3.05, 3.63) is 41.2 Å². The van der Waals surface area contributed by atoms with Gasteiger partial charge in [-0.15, -0.1) is 16.7 Å². The third-order valence-electron chi connectivity index (χ3n) is 2.91. The zero-order chi connectivity index (χ0) is 15.3. The van der Waals surface area contributed by atoms with Crippen LogP contribution in [0.15, 0.2) is 35.4 Å². The predicted octanol–water partition coefficient (Wildman–Crippen LogP) is 2.58. The largest absolute Gasteiger partial charge is 0.251 e. The van der Waals surface area contributed by atoms with Gasteiger partial charge in [-0.2, -0.15) is 0 Å². The molecule has 21 heavy (non-hydrogen) atoms. The summed E-state index contributed by atoms with van der Waals surface area (Å²) in [7, 11) is -3.35. The smallest absolute Gasteiger partial charge is 0.180 e. The summed E-state index contributed by atoms with van der Waals surface area (Å²) in [5, 5.41) is 8.41. The van der Waals surface area contributed by atoms with Gasteiger partial charge in [0.1, 0.15) is 0 Å². The van der Waals surface area contributed by atoms with Gasteiger partial charge >= 0.3 is 0 Å². The summed E-state index contributed by atoms with van der Waals surface area (Å²) >= 11 is 11.4. The van der Waals surface area contributed by atoms with E-state index in [9.17, 15) is 8.42 Å². The molecule has 0 bridgehead atoms. The van der Waals surface area contributed by atoms with Crippen LogP contribution in [0.3, 0.4) is 0 Å². The van der Waals surface area contributed by atoms with E-state index in [4.69, 9.17) is 23.2 Å². The van der Waals surface area contributed by atoms with Crippen molar-refractivity contribution in [1.29, 1.82) is 0 Å². The van der Waals surface area contributed by atoms with Gasteiger partial charge in [-0.1, -0.05) is 16.8 Å². The summed E-state index contributed by atoms with van der Waals surface area (Å²) in [4.78, 5) is 0.259. The van der Waals surface area contributed by atoms with Crippen molar-refractivity contribution in [2.45, 2.75) is 24.3 Å². The first kappa shape index (κ1) is 16.3. The molecular formula is C13H15Cl2N3O2S. The Bertz CT molecular complexity index is 684. The highest BCUT2D eigenvalue weighted by Gasteiger charge is 2.14. The summed E-state index contributed by atoms with van der Waals surface area (Å²) in [6, 6.07) is 6.14. The van der Waals surface area contributed by atoms with Crippen molar-refractivity contribution < 1.29 is 8.42 Å². The van der Waals surface area contributed by atoms with E-state index in [0.717, 1.165) is 18.5 Å². The monoisotopic (exact) mass is 347 g/mol. The lowest BCUT2D eigenvalue weighted by Crippen LogP contribution is -2.13. The number of aryl methyl sites for hydroxylation is 2. The molecule has 114 valence electrons. The molecule has 0 saturated heterocycles. The zero-order valence-corrected chi connectivity index (χ0v) is 13.6. The van der Waals surface area contributed by atoms with Crippen LogP contribution in [0.1, 0.15) is 12.1 Å². The molecule has 2 rings (SSSR count). The van der Waals surface area contributed by atoms with Crippen LogP contribution < -0.4 is 0 Å². The molecule has 0 unspecified atom stereocenters. The Morgan fingerprint density at radius 1 is 1.19 bits per heavy atom. The van der Waals surface area contributed by atoms with Crippen LogP contribution in [0.4, 0.5) is 0 Å². The Labute approximate surface area is 133 Å². The van der Waals surface area contributed by atoms with E-state index in [-0.39, 0.29) is 17.2 Å². The average Bonchev–Trinajstić information content (AvgIpc) is 2.91. The van der Waals surface area contributed by atoms with E-state index in [0.29, 0.717) is 10.9 Å². The van der Waals surface area contributed by atoms with Crippen LogP contribution in [-0.2, 0) is 22.8 Å². The number of aromatic nitrogens is 3. The van der Waals surface area contributed by atoms with Gasteiger partial charge in [-0.3, -0.25) is 4.68 Å². The fourth-order valence-electron chi connectivity index (χ4n) is 1.78. The minimum absolute atomic E-state index is 0.0348. The lowest BCUT2D eigenvalue weighted by atomic mass is 10.3. The van der Waals surface area contributed by atoms with Gasteiger partial charge in [0.2, 0.25) is 0 Å². The second-order valence-electron chi connectivity index (χ2n) is 4.54. The topological polar surface area (TPSA) is 64.8 Å². The van der Waals surface area contributed by atoms with Crippen molar-refractivity contribution in [1.82, 2.24) is 15.0 Å². The maximum absolute atomic E-state index is 12.2. The Kier molecular flexibility index (Phi) is 5.61. The van der Waals surface area contributed by atoms with Gasteiger partial charge in [0.05, 0.1) is 22.9 Å². The highest BCUT2D eigenvalue weighted by Crippen LogP contribution is 2.15. The maximum atomic E-state index is 12.2. The van der Waals surface area contributed by atoms with Crippen LogP contribution in [0.25, 0.3) is 0 Å². The number of alkyl halides is 1. The van der Waals surface area contributed by atoms with Crippen molar-refractivity contribution >= 4 is 33.0 Å². The first-order valence-corrected chi connectivity index (χ1v) is 9.01. The fourth-order valence-corrected chi connectivity index (χ4v) is 3.26. The highest BCUT2D eigenvalue weighted by atomic mass is 35.5. The Balaban J connectivity index is 1.98. The Hall–Kier alpha value is -1.11. The standard InChI is InChI=1S/C13H15Cl2N3O2S/c14-7-1-2-12-10-18(17-16-12)8-9-21(19,20)13-5-3-11(15)4-6-13/h3-6,10H,1-2,7-9H2. The number of benzene rings is 1. The molecule has 0 fully saturated rings. The summed E-state index contributed by atoms with van der Waals surface area (Å²) < 4.78 is 25.9. The van der Waals surface area contributed by atoms with Gasteiger partial charge in [0, 0.05) is 17.1 Å². The van der Waals surface area contributed by atoms with E-state index in [1.807, 2.05) is 0 Å². The molecule has 0 radical (unpaired) electrons. The van der Waals surface area contributed by atoms with Crippen molar-refractivity contribution in [3.8, 4) is 0 Å². The van der Waals surface area contributed by atoms with Crippen LogP contribution in [0, 0.1) is 0 Å². The van der Waals surface area contributed by atoms with Gasteiger partial charge in [-0.05, 0) is 37.1 Å². The first-order valence-electron chi connectivity index (χ1n) is 6.44. The van der Waals surface area contributed by atoms with Crippen LogP contribution in [-0.4, -0.2) is 35.0 Å². The molecule has 5 nitrogen and oxygen atoms in total. The van der Waals surface area contributed by atoms with Gasteiger partial charge in [-0.25, -0.2) is 8.42 Å². The average molecular weight is 348 g/mol. The van der Waals surface area contributed by atoms with E-state index in [2.05, 4.69) is 10.3 Å². The third-order valence-corrected chi connectivity index (χ3v) is 5.14. The van der Waals surface area contributed by atoms with Crippen molar-refractivity contribution in [3.63, 3.8) is 0 Å². The molecule has 0 amide bonds. The van der Waals surface area contributed by atoms with Gasteiger partial charge in [0.25, 0.3) is 0 Å². The summed E-state index contributed by atoms with van der Waals surface area (Å²) in [5.74, 6) is 0.532.